The summed E-state index contributed by atoms with van der Waals surface area (Å²) < 4.78 is 36.9. The Morgan fingerprint density at radius 3 is 2.51 bits per heavy atom. The maximum atomic E-state index is 13.3. The molecule has 2 aromatic rings. The molecule has 3 rings (SSSR count). The van der Waals surface area contributed by atoms with Crippen molar-refractivity contribution in [3.05, 3.63) is 53.1 Å². The number of hydrogen-bond acceptors (Lipinski definition) is 6. The molecule has 1 aliphatic heterocycles. The molecule has 11 heteroatoms. The molecule has 0 fully saturated rings. The third-order valence-electron chi connectivity index (χ3n) is 5.73. The van der Waals surface area contributed by atoms with Gasteiger partial charge in [-0.05, 0) is 36.6 Å². The quantitative estimate of drug-likeness (QED) is 0.485. The van der Waals surface area contributed by atoms with Gasteiger partial charge >= 0.3 is 0 Å². The van der Waals surface area contributed by atoms with Gasteiger partial charge in [-0.15, -0.1) is 0 Å². The molecular weight excluding hydrogens is 494 g/mol. The average molecular weight is 524 g/mol. The number of amides is 2. The smallest absolute Gasteiger partial charge is 0.242 e. The van der Waals surface area contributed by atoms with Gasteiger partial charge in [-0.1, -0.05) is 36.7 Å². The van der Waals surface area contributed by atoms with Crippen LogP contribution in [0.2, 0.25) is 5.02 Å². The number of fused-ring (bicyclic) bond motifs is 1. The fourth-order valence-corrected chi connectivity index (χ4v) is 5.09. The van der Waals surface area contributed by atoms with Gasteiger partial charge < -0.3 is 19.7 Å². The summed E-state index contributed by atoms with van der Waals surface area (Å²) in [4.78, 5) is 27.3. The first-order valence-electron chi connectivity index (χ1n) is 11.3. The van der Waals surface area contributed by atoms with Crippen LogP contribution < -0.4 is 19.1 Å². The molecule has 0 spiro atoms. The van der Waals surface area contributed by atoms with Gasteiger partial charge in [0.25, 0.3) is 0 Å². The Labute approximate surface area is 211 Å². The van der Waals surface area contributed by atoms with E-state index in [4.69, 9.17) is 21.1 Å². The van der Waals surface area contributed by atoms with Gasteiger partial charge in [-0.2, -0.15) is 0 Å². The van der Waals surface area contributed by atoms with E-state index in [2.05, 4.69) is 5.32 Å². The number of rotatable bonds is 11. The number of carbonyl (C=O) groups excluding carboxylic acids is 2. The van der Waals surface area contributed by atoms with E-state index in [0.717, 1.165) is 11.8 Å². The van der Waals surface area contributed by atoms with Gasteiger partial charge in [-0.3, -0.25) is 13.9 Å². The van der Waals surface area contributed by atoms with E-state index in [0.29, 0.717) is 28.6 Å². The van der Waals surface area contributed by atoms with Crippen LogP contribution in [0.25, 0.3) is 0 Å². The molecule has 9 nitrogen and oxygen atoms in total. The summed E-state index contributed by atoms with van der Waals surface area (Å²) in [5.74, 6) is 0.479. The number of sulfonamides is 1. The minimum Gasteiger partial charge on any atom is -0.454 e. The molecule has 0 saturated carbocycles. The Morgan fingerprint density at radius 1 is 1.14 bits per heavy atom. The zero-order valence-corrected chi connectivity index (χ0v) is 21.6. The number of halogens is 1. The third-order valence-corrected chi connectivity index (χ3v) is 7.29. The summed E-state index contributed by atoms with van der Waals surface area (Å²) in [6, 6.07) is 11.4. The number of nitrogens with zero attached hydrogens (tertiary/aromatic N) is 2. The summed E-state index contributed by atoms with van der Waals surface area (Å²) in [5.41, 5.74) is 1.15. The molecule has 2 amide bonds. The highest BCUT2D eigenvalue weighted by atomic mass is 35.5. The lowest BCUT2D eigenvalue weighted by atomic mass is 10.1. The first kappa shape index (κ1) is 26.6. The first-order valence-corrected chi connectivity index (χ1v) is 13.5. The van der Waals surface area contributed by atoms with E-state index in [1.165, 1.54) is 16.3 Å². The van der Waals surface area contributed by atoms with Crippen LogP contribution in [0.5, 0.6) is 11.5 Å². The molecule has 1 unspecified atom stereocenters. The van der Waals surface area contributed by atoms with Crippen molar-refractivity contribution >= 4 is 39.1 Å². The first-order chi connectivity index (χ1) is 16.7. The highest BCUT2D eigenvalue weighted by molar-refractivity contribution is 7.92. The fourth-order valence-electron chi connectivity index (χ4n) is 3.94. The minimum atomic E-state index is -3.62. The van der Waals surface area contributed by atoms with Gasteiger partial charge in [0.1, 0.15) is 6.04 Å². The normalized spacial score (nSPS) is 13.3. The van der Waals surface area contributed by atoms with Crippen LogP contribution >= 0.6 is 11.6 Å². The van der Waals surface area contributed by atoms with Crippen molar-refractivity contribution in [2.75, 3.05) is 30.9 Å². The lowest BCUT2D eigenvalue weighted by molar-refractivity contribution is -0.141. The van der Waals surface area contributed by atoms with Crippen molar-refractivity contribution in [2.24, 2.45) is 0 Å². The van der Waals surface area contributed by atoms with Crippen molar-refractivity contribution in [1.82, 2.24) is 10.2 Å². The average Bonchev–Trinajstić information content (AvgIpc) is 3.29. The molecular formula is C24H30ClN3O6S. The van der Waals surface area contributed by atoms with Crippen LogP contribution in [0.15, 0.2) is 42.5 Å². The Hall–Kier alpha value is -2.98. The van der Waals surface area contributed by atoms with Gasteiger partial charge in [0.05, 0.1) is 11.9 Å². The second-order valence-electron chi connectivity index (χ2n) is 8.13. The van der Waals surface area contributed by atoms with Crippen molar-refractivity contribution in [2.45, 2.75) is 38.8 Å². The van der Waals surface area contributed by atoms with Crippen LogP contribution in [0, 0.1) is 0 Å². The van der Waals surface area contributed by atoms with Gasteiger partial charge in [-0.25, -0.2) is 8.42 Å². The molecule has 1 atom stereocenters. The predicted octanol–water partition coefficient (Wildman–Crippen LogP) is 3.17. The van der Waals surface area contributed by atoms with E-state index < -0.39 is 16.1 Å². The summed E-state index contributed by atoms with van der Waals surface area (Å²) >= 11 is 6.31. The third kappa shape index (κ3) is 6.58. The fraction of sp³-hybridized carbons (Fsp3) is 0.417. The molecule has 0 radical (unpaired) electrons. The van der Waals surface area contributed by atoms with Gasteiger partial charge in [0, 0.05) is 37.6 Å². The van der Waals surface area contributed by atoms with E-state index >= 15 is 0 Å². The summed E-state index contributed by atoms with van der Waals surface area (Å²) in [6.07, 6.45) is 1.84. The van der Waals surface area contributed by atoms with Crippen LogP contribution in [-0.2, 0) is 26.2 Å². The Balaban J connectivity index is 1.75. The largest absolute Gasteiger partial charge is 0.454 e. The zero-order chi connectivity index (χ0) is 25.6. The van der Waals surface area contributed by atoms with Crippen LogP contribution in [-0.4, -0.2) is 57.8 Å². The number of hydrogen-bond donors (Lipinski definition) is 1. The molecule has 1 aliphatic rings. The molecule has 0 aromatic heterocycles. The molecule has 0 bridgehead atoms. The summed E-state index contributed by atoms with van der Waals surface area (Å²) in [7, 11) is -2.09. The highest BCUT2D eigenvalue weighted by Gasteiger charge is 2.29. The molecule has 190 valence electrons. The molecule has 0 saturated heterocycles. The number of ether oxygens (including phenoxy) is 2. The highest BCUT2D eigenvalue weighted by Crippen LogP contribution is 2.36. The van der Waals surface area contributed by atoms with Gasteiger partial charge in [0.2, 0.25) is 28.6 Å². The number of carbonyl (C=O) groups is 2. The molecule has 0 aliphatic carbocycles. The van der Waals surface area contributed by atoms with E-state index in [1.54, 1.807) is 30.3 Å². The predicted molar refractivity (Wildman–Crippen MR) is 134 cm³/mol. The van der Waals surface area contributed by atoms with E-state index in [-0.39, 0.29) is 44.5 Å². The standard InChI is InChI=1S/C24H30ClN3O6S/c1-4-20(24(30)26-2)27(15-17-8-5-6-9-19(17)25)23(29)10-7-13-28(35(3,31)32)18-11-12-21-22(14-18)34-16-33-21/h5-6,8-9,11-12,14,20H,4,7,10,13,15-16H2,1-3H3,(H,26,30). The van der Waals surface area contributed by atoms with Crippen LogP contribution in [0.3, 0.4) is 0 Å². The van der Waals surface area contributed by atoms with Crippen LogP contribution in [0.1, 0.15) is 31.7 Å². The maximum absolute atomic E-state index is 13.3. The summed E-state index contributed by atoms with van der Waals surface area (Å²) in [6.45, 7) is 2.17. The lowest BCUT2D eigenvalue weighted by Crippen LogP contribution is -2.48. The Bertz CT molecular complexity index is 1170. The number of anilines is 1. The van der Waals surface area contributed by atoms with Crippen LogP contribution in [0.4, 0.5) is 5.69 Å². The molecule has 2 aromatic carbocycles. The van der Waals surface area contributed by atoms with Crippen molar-refractivity contribution in [3.8, 4) is 11.5 Å². The number of benzene rings is 2. The topological polar surface area (TPSA) is 105 Å². The Morgan fingerprint density at radius 2 is 1.86 bits per heavy atom. The second-order valence-corrected chi connectivity index (χ2v) is 10.4. The molecule has 1 heterocycles. The molecule has 35 heavy (non-hydrogen) atoms. The number of likely N-dealkylation sites (N-methyl/N-ethyl adjacent to an activating group) is 1. The zero-order valence-electron chi connectivity index (χ0n) is 20.0. The lowest BCUT2D eigenvalue weighted by Gasteiger charge is -2.31. The SMILES string of the molecule is CCC(C(=O)NC)N(Cc1ccccc1Cl)C(=O)CCCN(c1ccc2c(c1)OCO2)S(C)(=O)=O. The number of nitrogens with one attached hydrogen (secondary N) is 1. The van der Waals surface area contributed by atoms with Crippen molar-refractivity contribution in [1.29, 1.82) is 0 Å². The monoisotopic (exact) mass is 523 g/mol. The second kappa shape index (κ2) is 11.6. The minimum absolute atomic E-state index is 0.0501. The maximum Gasteiger partial charge on any atom is 0.242 e. The van der Waals surface area contributed by atoms with Gasteiger partial charge in [0.15, 0.2) is 11.5 Å². The summed E-state index contributed by atoms with van der Waals surface area (Å²) in [5, 5.41) is 3.12. The van der Waals surface area contributed by atoms with Crippen molar-refractivity contribution < 1.29 is 27.5 Å². The molecule has 1 N–H and O–H groups in total. The van der Waals surface area contributed by atoms with Crippen molar-refractivity contribution in [3.63, 3.8) is 0 Å². The van der Waals surface area contributed by atoms with E-state index in [9.17, 15) is 18.0 Å². The van der Waals surface area contributed by atoms with E-state index in [1.807, 2.05) is 19.1 Å². The Kier molecular flexibility index (Phi) is 8.85.